The van der Waals surface area contributed by atoms with Crippen LogP contribution in [0.2, 0.25) is 0 Å². The molecule has 2 rings (SSSR count). The number of hydrogen-bond acceptors (Lipinski definition) is 3. The first-order chi connectivity index (χ1) is 7.74. The molecule has 0 bridgehead atoms. The topological polar surface area (TPSA) is 23.5 Å². The first kappa shape index (κ1) is 11.8. The third-order valence-corrected chi connectivity index (χ3v) is 4.58. The van der Waals surface area contributed by atoms with Crippen molar-refractivity contribution < 1.29 is 5.11 Å². The van der Waals surface area contributed by atoms with E-state index in [9.17, 15) is 0 Å². The van der Waals surface area contributed by atoms with Crippen molar-refractivity contribution in [2.75, 3.05) is 18.1 Å². The second-order valence-corrected chi connectivity index (χ2v) is 5.72. The van der Waals surface area contributed by atoms with E-state index in [1.54, 1.807) is 0 Å². The quantitative estimate of drug-likeness (QED) is 0.874. The molecule has 1 aliphatic heterocycles. The van der Waals surface area contributed by atoms with Gasteiger partial charge < -0.3 is 10.0 Å². The molecule has 0 amide bonds. The zero-order valence-corrected chi connectivity index (χ0v) is 10.7. The van der Waals surface area contributed by atoms with E-state index in [4.69, 9.17) is 5.11 Å². The van der Waals surface area contributed by atoms with Crippen LogP contribution in [-0.4, -0.2) is 29.5 Å². The van der Waals surface area contributed by atoms with Crippen LogP contribution in [0.1, 0.15) is 20.3 Å². The molecule has 1 aromatic rings. The van der Waals surface area contributed by atoms with Crippen LogP contribution in [0.25, 0.3) is 0 Å². The molecular formula is C13H19NOS. The van der Waals surface area contributed by atoms with Gasteiger partial charge in [0.15, 0.2) is 0 Å². The van der Waals surface area contributed by atoms with E-state index in [0.29, 0.717) is 11.3 Å². The first-order valence-corrected chi connectivity index (χ1v) is 6.75. The Morgan fingerprint density at radius 1 is 1.31 bits per heavy atom. The Morgan fingerprint density at radius 2 is 2.06 bits per heavy atom. The maximum absolute atomic E-state index is 8.97. The summed E-state index contributed by atoms with van der Waals surface area (Å²) in [5.41, 5.74) is 1.33. The van der Waals surface area contributed by atoms with Crippen LogP contribution in [0.15, 0.2) is 29.2 Å². The minimum atomic E-state index is 0.271. The van der Waals surface area contributed by atoms with Gasteiger partial charge in [0.05, 0.1) is 5.69 Å². The van der Waals surface area contributed by atoms with Crippen LogP contribution >= 0.6 is 11.8 Å². The molecule has 0 spiro atoms. The van der Waals surface area contributed by atoms with Crippen molar-refractivity contribution >= 4 is 17.4 Å². The summed E-state index contributed by atoms with van der Waals surface area (Å²) in [5, 5.41) is 9.57. The Balaban J connectivity index is 2.26. The lowest BCUT2D eigenvalue weighted by atomic mass is 10.1. The Labute approximate surface area is 102 Å². The molecule has 16 heavy (non-hydrogen) atoms. The first-order valence-electron chi connectivity index (χ1n) is 5.87. The number of aliphatic hydroxyl groups excluding tert-OH is 1. The number of hydrogen-bond donors (Lipinski definition) is 1. The minimum Gasteiger partial charge on any atom is -0.396 e. The molecule has 3 heteroatoms. The summed E-state index contributed by atoms with van der Waals surface area (Å²) in [6, 6.07) is 9.09. The van der Waals surface area contributed by atoms with E-state index in [1.807, 2.05) is 11.8 Å². The van der Waals surface area contributed by atoms with Gasteiger partial charge in [-0.05, 0) is 25.5 Å². The summed E-state index contributed by atoms with van der Waals surface area (Å²) < 4.78 is 0. The van der Waals surface area contributed by atoms with Crippen molar-refractivity contribution in [2.45, 2.75) is 36.5 Å². The highest BCUT2D eigenvalue weighted by molar-refractivity contribution is 8.00. The van der Waals surface area contributed by atoms with Crippen molar-refractivity contribution in [1.29, 1.82) is 0 Å². The zero-order valence-electron chi connectivity index (χ0n) is 9.89. The fraction of sp³-hybridized carbons (Fsp3) is 0.538. The van der Waals surface area contributed by atoms with E-state index in [0.717, 1.165) is 13.0 Å². The molecule has 1 aliphatic rings. The van der Waals surface area contributed by atoms with Crippen molar-refractivity contribution in [1.82, 2.24) is 0 Å². The van der Waals surface area contributed by atoms with Crippen LogP contribution in [0, 0.1) is 0 Å². The summed E-state index contributed by atoms with van der Waals surface area (Å²) in [6.45, 7) is 5.76. The lowest BCUT2D eigenvalue weighted by molar-refractivity contribution is 0.288. The predicted molar refractivity (Wildman–Crippen MR) is 70.3 cm³/mol. The number of rotatable bonds is 3. The van der Waals surface area contributed by atoms with Crippen molar-refractivity contribution in [2.24, 2.45) is 0 Å². The number of nitrogens with zero attached hydrogens (tertiary/aromatic N) is 1. The average molecular weight is 237 g/mol. The number of thioether (sulfide) groups is 1. The Bertz CT molecular complexity index is 356. The molecule has 88 valence electrons. The second kappa shape index (κ2) is 5.11. The highest BCUT2D eigenvalue weighted by atomic mass is 32.2. The second-order valence-electron chi connectivity index (χ2n) is 4.30. The molecule has 0 aliphatic carbocycles. The molecule has 0 saturated carbocycles. The fourth-order valence-corrected chi connectivity index (χ4v) is 3.34. The lowest BCUT2D eigenvalue weighted by Crippen LogP contribution is -2.42. The van der Waals surface area contributed by atoms with Gasteiger partial charge in [-0.2, -0.15) is 0 Å². The third kappa shape index (κ3) is 2.20. The summed E-state index contributed by atoms with van der Waals surface area (Å²) >= 11 is 1.95. The summed E-state index contributed by atoms with van der Waals surface area (Å²) in [7, 11) is 0. The van der Waals surface area contributed by atoms with Gasteiger partial charge in [0, 0.05) is 29.3 Å². The van der Waals surface area contributed by atoms with Crippen molar-refractivity contribution in [3.8, 4) is 0 Å². The van der Waals surface area contributed by atoms with Gasteiger partial charge >= 0.3 is 0 Å². The number of anilines is 1. The molecular weight excluding hydrogens is 218 g/mol. The maximum Gasteiger partial charge on any atom is 0.0507 e. The molecule has 1 heterocycles. The van der Waals surface area contributed by atoms with Crippen LogP contribution in [-0.2, 0) is 0 Å². The van der Waals surface area contributed by atoms with Gasteiger partial charge in [-0.25, -0.2) is 0 Å². The average Bonchev–Trinajstić information content (AvgIpc) is 2.30. The van der Waals surface area contributed by atoms with Crippen LogP contribution in [0.3, 0.4) is 0 Å². The van der Waals surface area contributed by atoms with Gasteiger partial charge in [-0.1, -0.05) is 19.1 Å². The largest absolute Gasteiger partial charge is 0.396 e. The van der Waals surface area contributed by atoms with Crippen LogP contribution < -0.4 is 4.90 Å². The smallest absolute Gasteiger partial charge is 0.0507 e. The standard InChI is InChI=1S/C13H19NOS/c1-10-11(2)16-13-7-4-3-6-12(13)14(10)8-5-9-15/h3-4,6-7,10-11,15H,5,8-9H2,1-2H3. The predicted octanol–water partition coefficient (Wildman–Crippen LogP) is 2.76. The van der Waals surface area contributed by atoms with E-state index >= 15 is 0 Å². The zero-order chi connectivity index (χ0) is 11.5. The van der Waals surface area contributed by atoms with Gasteiger partial charge in [0.2, 0.25) is 0 Å². The van der Waals surface area contributed by atoms with Gasteiger partial charge in [0.1, 0.15) is 0 Å². The molecule has 0 saturated heterocycles. The van der Waals surface area contributed by atoms with Crippen LogP contribution in [0.5, 0.6) is 0 Å². The van der Waals surface area contributed by atoms with E-state index < -0.39 is 0 Å². The molecule has 1 aromatic carbocycles. The number of benzene rings is 1. The number of aliphatic hydroxyl groups is 1. The normalized spacial score (nSPS) is 24.3. The van der Waals surface area contributed by atoms with Gasteiger partial charge in [-0.3, -0.25) is 0 Å². The van der Waals surface area contributed by atoms with Crippen molar-refractivity contribution in [3.63, 3.8) is 0 Å². The molecule has 0 radical (unpaired) electrons. The third-order valence-electron chi connectivity index (χ3n) is 3.22. The van der Waals surface area contributed by atoms with Crippen LogP contribution in [0.4, 0.5) is 5.69 Å². The monoisotopic (exact) mass is 237 g/mol. The van der Waals surface area contributed by atoms with Gasteiger partial charge in [0.25, 0.3) is 0 Å². The Kier molecular flexibility index (Phi) is 3.77. The van der Waals surface area contributed by atoms with Crippen molar-refractivity contribution in [3.05, 3.63) is 24.3 Å². The summed E-state index contributed by atoms with van der Waals surface area (Å²) in [4.78, 5) is 3.79. The maximum atomic E-state index is 8.97. The molecule has 0 fully saturated rings. The number of para-hydroxylation sites is 1. The SMILES string of the molecule is CC1Sc2ccccc2N(CCCO)C1C. The Hall–Kier alpha value is -0.670. The molecule has 2 unspecified atom stereocenters. The highest BCUT2D eigenvalue weighted by Gasteiger charge is 2.28. The van der Waals surface area contributed by atoms with E-state index in [2.05, 4.69) is 43.0 Å². The molecule has 2 atom stereocenters. The minimum absolute atomic E-state index is 0.271. The molecule has 0 aromatic heterocycles. The fourth-order valence-electron chi connectivity index (χ4n) is 2.13. The summed E-state index contributed by atoms with van der Waals surface area (Å²) in [6.07, 6.45) is 0.843. The summed E-state index contributed by atoms with van der Waals surface area (Å²) in [5.74, 6) is 0. The number of fused-ring (bicyclic) bond motifs is 1. The highest BCUT2D eigenvalue weighted by Crippen LogP contribution is 2.41. The van der Waals surface area contributed by atoms with Gasteiger partial charge in [-0.15, -0.1) is 11.8 Å². The lowest BCUT2D eigenvalue weighted by Gasteiger charge is -2.40. The molecule has 2 nitrogen and oxygen atoms in total. The van der Waals surface area contributed by atoms with E-state index in [-0.39, 0.29) is 6.61 Å². The Morgan fingerprint density at radius 3 is 2.81 bits per heavy atom. The molecule has 1 N–H and O–H groups in total. The van der Waals surface area contributed by atoms with E-state index in [1.165, 1.54) is 10.6 Å².